The van der Waals surface area contributed by atoms with Crippen LogP contribution in [0.4, 0.5) is 11.4 Å². The maximum absolute atomic E-state index is 13.6. The van der Waals surface area contributed by atoms with Crippen LogP contribution in [0.3, 0.4) is 0 Å². The summed E-state index contributed by atoms with van der Waals surface area (Å²) in [7, 11) is 1.59. The molecule has 1 heterocycles. The monoisotopic (exact) mass is 517 g/mol. The molecule has 1 fully saturated rings. The highest BCUT2D eigenvalue weighted by Gasteiger charge is 2.43. The van der Waals surface area contributed by atoms with Gasteiger partial charge in [-0.2, -0.15) is 0 Å². The zero-order valence-electron chi connectivity index (χ0n) is 21.1. The summed E-state index contributed by atoms with van der Waals surface area (Å²) < 4.78 is 10.8. The average Bonchev–Trinajstić information content (AvgIpc) is 3.15. The Morgan fingerprint density at radius 1 is 0.973 bits per heavy atom. The van der Waals surface area contributed by atoms with Crippen molar-refractivity contribution in [2.75, 3.05) is 30.5 Å². The van der Waals surface area contributed by atoms with Gasteiger partial charge in [0.15, 0.2) is 5.11 Å². The fraction of sp³-hybridized carbons (Fsp3) is 0.276. The smallest absolute Gasteiger partial charge is 0.256 e. The minimum absolute atomic E-state index is 0.0193. The van der Waals surface area contributed by atoms with Crippen molar-refractivity contribution in [3.63, 3.8) is 0 Å². The number of methoxy groups -OCH3 is 1. The maximum atomic E-state index is 13.6. The van der Waals surface area contributed by atoms with Crippen molar-refractivity contribution < 1.29 is 19.1 Å². The Bertz CT molecular complexity index is 1220. The summed E-state index contributed by atoms with van der Waals surface area (Å²) >= 11 is 5.76. The molecule has 4 rings (SSSR count). The second kappa shape index (κ2) is 12.4. The molecule has 1 saturated heterocycles. The number of hydrogen-bond acceptors (Lipinski definition) is 5. The van der Waals surface area contributed by atoms with Gasteiger partial charge in [0.25, 0.3) is 5.91 Å². The molecule has 3 aromatic rings. The molecule has 1 aliphatic heterocycles. The number of benzene rings is 3. The molecule has 1 atom stereocenters. The number of amides is 2. The Morgan fingerprint density at radius 2 is 1.65 bits per heavy atom. The van der Waals surface area contributed by atoms with Gasteiger partial charge in [-0.05, 0) is 79.2 Å². The Balaban J connectivity index is 1.50. The lowest BCUT2D eigenvalue weighted by molar-refractivity contribution is -0.124. The van der Waals surface area contributed by atoms with Crippen LogP contribution in [0.1, 0.15) is 25.3 Å². The van der Waals surface area contributed by atoms with E-state index < -0.39 is 6.04 Å². The molecule has 8 heteroatoms. The number of anilines is 2. The van der Waals surface area contributed by atoms with Crippen molar-refractivity contribution in [3.05, 3.63) is 84.4 Å². The van der Waals surface area contributed by atoms with Gasteiger partial charge in [-0.1, -0.05) is 37.3 Å². The molecule has 0 spiro atoms. The fourth-order valence-corrected chi connectivity index (χ4v) is 4.61. The Labute approximate surface area is 223 Å². The first-order valence-corrected chi connectivity index (χ1v) is 12.8. The van der Waals surface area contributed by atoms with Crippen molar-refractivity contribution in [1.29, 1.82) is 0 Å². The first-order chi connectivity index (χ1) is 18.0. The third-order valence-electron chi connectivity index (χ3n) is 6.12. The molecule has 0 radical (unpaired) electrons. The minimum Gasteiger partial charge on any atom is -0.497 e. The molecule has 0 aromatic heterocycles. The van der Waals surface area contributed by atoms with E-state index in [0.717, 1.165) is 17.7 Å². The number of thiocarbonyl (C=S) groups is 1. The highest BCUT2D eigenvalue weighted by molar-refractivity contribution is 7.80. The predicted molar refractivity (Wildman–Crippen MR) is 149 cm³/mol. The zero-order chi connectivity index (χ0) is 26.2. The first-order valence-electron chi connectivity index (χ1n) is 12.4. The summed E-state index contributed by atoms with van der Waals surface area (Å²) in [6, 6.07) is 23.7. The van der Waals surface area contributed by atoms with E-state index in [9.17, 15) is 9.59 Å². The lowest BCUT2D eigenvalue weighted by Gasteiger charge is -2.24. The van der Waals surface area contributed by atoms with Gasteiger partial charge in [0.1, 0.15) is 17.5 Å². The van der Waals surface area contributed by atoms with Crippen molar-refractivity contribution in [2.45, 2.75) is 32.2 Å². The topological polar surface area (TPSA) is 71.1 Å². The first kappa shape index (κ1) is 26.2. The van der Waals surface area contributed by atoms with E-state index in [2.05, 4.69) is 5.32 Å². The summed E-state index contributed by atoms with van der Waals surface area (Å²) in [4.78, 5) is 30.0. The lowest BCUT2D eigenvalue weighted by atomic mass is 10.1. The molecule has 192 valence electrons. The van der Waals surface area contributed by atoms with Crippen molar-refractivity contribution in [3.8, 4) is 11.5 Å². The molecular formula is C29H31N3O4S. The van der Waals surface area contributed by atoms with Crippen molar-refractivity contribution in [1.82, 2.24) is 4.90 Å². The van der Waals surface area contributed by atoms with Gasteiger partial charge in [-0.15, -0.1) is 0 Å². The number of hydrogen-bond donors (Lipinski definition) is 1. The van der Waals surface area contributed by atoms with Gasteiger partial charge in [-0.3, -0.25) is 14.5 Å². The quantitative estimate of drug-likeness (QED) is 0.359. The van der Waals surface area contributed by atoms with Crippen LogP contribution in [-0.4, -0.2) is 48.1 Å². The third kappa shape index (κ3) is 6.46. The summed E-state index contributed by atoms with van der Waals surface area (Å²) in [6.45, 7) is 3.20. The van der Waals surface area contributed by atoms with E-state index in [1.54, 1.807) is 43.5 Å². The Kier molecular flexibility index (Phi) is 8.74. The summed E-state index contributed by atoms with van der Waals surface area (Å²) in [5.41, 5.74) is 2.42. The van der Waals surface area contributed by atoms with E-state index in [1.165, 1.54) is 4.90 Å². The van der Waals surface area contributed by atoms with Crippen LogP contribution in [-0.2, 0) is 16.0 Å². The molecule has 0 bridgehead atoms. The Morgan fingerprint density at radius 3 is 2.30 bits per heavy atom. The molecule has 0 aliphatic carbocycles. The largest absolute Gasteiger partial charge is 0.497 e. The van der Waals surface area contributed by atoms with E-state index in [-0.39, 0.29) is 18.2 Å². The number of nitrogens with one attached hydrogen (secondary N) is 1. The third-order valence-corrected chi connectivity index (χ3v) is 6.54. The van der Waals surface area contributed by atoms with Crippen LogP contribution in [0.15, 0.2) is 78.9 Å². The van der Waals surface area contributed by atoms with Crippen LogP contribution in [0, 0.1) is 0 Å². The van der Waals surface area contributed by atoms with Crippen molar-refractivity contribution in [2.24, 2.45) is 0 Å². The van der Waals surface area contributed by atoms with E-state index in [0.29, 0.717) is 41.8 Å². The van der Waals surface area contributed by atoms with Gasteiger partial charge < -0.3 is 19.7 Å². The summed E-state index contributed by atoms with van der Waals surface area (Å²) in [5, 5.41) is 3.29. The maximum Gasteiger partial charge on any atom is 0.256 e. The second-order valence-electron chi connectivity index (χ2n) is 8.72. The highest BCUT2D eigenvalue weighted by atomic mass is 32.1. The van der Waals surface area contributed by atoms with Gasteiger partial charge in [-0.25, -0.2) is 0 Å². The SMILES string of the molecule is CCCOc1ccc(NC(=O)CC2C(=O)N(c3ccc(OC)cc3)C(=S)N2CCc2ccccc2)cc1. The molecule has 1 unspecified atom stereocenters. The van der Waals surface area contributed by atoms with Crippen molar-refractivity contribution >= 4 is 40.5 Å². The molecule has 0 saturated carbocycles. The number of ether oxygens (including phenoxy) is 2. The van der Waals surface area contributed by atoms with Crippen LogP contribution in [0.2, 0.25) is 0 Å². The molecule has 7 nitrogen and oxygen atoms in total. The van der Waals surface area contributed by atoms with Crippen LogP contribution < -0.4 is 19.7 Å². The molecule has 2 amide bonds. The minimum atomic E-state index is -0.703. The highest BCUT2D eigenvalue weighted by Crippen LogP contribution is 2.29. The number of carbonyl (C=O) groups is 2. The molecule has 1 aliphatic rings. The van der Waals surface area contributed by atoms with Crippen LogP contribution >= 0.6 is 12.2 Å². The number of rotatable bonds is 11. The van der Waals surface area contributed by atoms with Crippen LogP contribution in [0.25, 0.3) is 0 Å². The van der Waals surface area contributed by atoms with E-state index >= 15 is 0 Å². The second-order valence-corrected chi connectivity index (χ2v) is 9.09. The fourth-order valence-electron chi connectivity index (χ4n) is 4.19. The standard InChI is InChI=1S/C29H31N3O4S/c1-3-19-36-25-13-9-22(10-14-25)30-27(33)20-26-28(34)32(23-11-15-24(35-2)16-12-23)29(37)31(26)18-17-21-7-5-4-6-8-21/h4-16,26H,3,17-20H2,1-2H3,(H,30,33). The van der Waals surface area contributed by atoms with Gasteiger partial charge in [0, 0.05) is 12.2 Å². The van der Waals surface area contributed by atoms with Crippen LogP contribution in [0.5, 0.6) is 11.5 Å². The summed E-state index contributed by atoms with van der Waals surface area (Å²) in [5.74, 6) is 0.953. The van der Waals surface area contributed by atoms with Gasteiger partial charge in [0.05, 0.1) is 25.8 Å². The zero-order valence-corrected chi connectivity index (χ0v) is 21.9. The average molecular weight is 518 g/mol. The molecule has 37 heavy (non-hydrogen) atoms. The van der Waals surface area contributed by atoms with E-state index in [1.807, 2.05) is 54.3 Å². The predicted octanol–water partition coefficient (Wildman–Crippen LogP) is 5.06. The van der Waals surface area contributed by atoms with Gasteiger partial charge >= 0.3 is 0 Å². The van der Waals surface area contributed by atoms with E-state index in [4.69, 9.17) is 21.7 Å². The Hall–Kier alpha value is -3.91. The number of nitrogens with zero attached hydrogens (tertiary/aromatic N) is 2. The molecule has 1 N–H and O–H groups in total. The molecular weight excluding hydrogens is 486 g/mol. The number of carbonyl (C=O) groups excluding carboxylic acids is 2. The normalized spacial score (nSPS) is 15.1. The lowest BCUT2D eigenvalue weighted by Crippen LogP contribution is -2.39. The molecule has 3 aromatic carbocycles. The van der Waals surface area contributed by atoms with Gasteiger partial charge in [0.2, 0.25) is 5.91 Å². The summed E-state index contributed by atoms with van der Waals surface area (Å²) in [6.07, 6.45) is 1.60.